The lowest BCUT2D eigenvalue weighted by Crippen LogP contribution is -2.47. The third kappa shape index (κ3) is 2.61. The Kier molecular flexibility index (Phi) is 3.60. The first-order valence-corrected chi connectivity index (χ1v) is 6.98. The first-order valence-electron chi connectivity index (χ1n) is 6.98. The fraction of sp³-hybridized carbons (Fsp3) is 0.333. The third-order valence-electron chi connectivity index (χ3n) is 3.80. The van der Waals surface area contributed by atoms with Crippen LogP contribution in [0.15, 0.2) is 30.6 Å². The van der Waals surface area contributed by atoms with Crippen molar-refractivity contribution in [3.05, 3.63) is 42.1 Å². The van der Waals surface area contributed by atoms with Crippen LogP contribution in [-0.4, -0.2) is 36.1 Å². The average molecular weight is 287 g/mol. The fourth-order valence-electron chi connectivity index (χ4n) is 2.60. The van der Waals surface area contributed by atoms with Crippen LogP contribution in [0, 0.1) is 12.7 Å². The normalized spacial score (nSPS) is 15.3. The monoisotopic (exact) mass is 287 g/mol. The molecule has 1 aliphatic heterocycles. The number of nitrogens with two attached hydrogens (primary N) is 1. The van der Waals surface area contributed by atoms with Gasteiger partial charge in [-0.15, -0.1) is 0 Å². The molecule has 2 aromatic rings. The van der Waals surface area contributed by atoms with Gasteiger partial charge in [-0.2, -0.15) is 0 Å². The number of hydrogen-bond acceptors (Lipinski definition) is 5. The topological polar surface area (TPSA) is 58.3 Å². The molecular formula is C15H18FN5. The third-order valence-corrected chi connectivity index (χ3v) is 3.80. The number of aryl methyl sites for hydroxylation is 1. The summed E-state index contributed by atoms with van der Waals surface area (Å²) < 4.78 is 14.1. The molecule has 2 heterocycles. The van der Waals surface area contributed by atoms with Gasteiger partial charge in [0.05, 0.1) is 17.1 Å². The second-order valence-corrected chi connectivity index (χ2v) is 5.13. The predicted octanol–water partition coefficient (Wildman–Crippen LogP) is 1.83. The Labute approximate surface area is 123 Å². The minimum absolute atomic E-state index is 0.329. The van der Waals surface area contributed by atoms with E-state index in [9.17, 15) is 4.39 Å². The summed E-state index contributed by atoms with van der Waals surface area (Å²) in [5.41, 5.74) is 8.20. The average Bonchev–Trinajstić information content (AvgIpc) is 2.51. The maximum absolute atomic E-state index is 14.1. The highest BCUT2D eigenvalue weighted by Crippen LogP contribution is 2.25. The summed E-state index contributed by atoms with van der Waals surface area (Å²) in [6.45, 7) is 4.65. The number of piperazine rings is 1. The summed E-state index contributed by atoms with van der Waals surface area (Å²) in [6, 6.07) is 7.81. The molecule has 1 aromatic carbocycles. The maximum atomic E-state index is 14.1. The molecule has 0 radical (unpaired) electrons. The van der Waals surface area contributed by atoms with Crippen LogP contribution < -0.4 is 15.5 Å². The van der Waals surface area contributed by atoms with Crippen molar-refractivity contribution in [1.82, 2.24) is 9.97 Å². The molecule has 0 saturated carbocycles. The van der Waals surface area contributed by atoms with Gasteiger partial charge in [0.25, 0.3) is 0 Å². The minimum Gasteiger partial charge on any atom is -0.397 e. The minimum atomic E-state index is -0.329. The second kappa shape index (κ2) is 5.55. The Balaban J connectivity index is 1.74. The van der Waals surface area contributed by atoms with E-state index in [2.05, 4.69) is 14.9 Å². The van der Waals surface area contributed by atoms with Crippen LogP contribution in [0.4, 0.5) is 21.6 Å². The van der Waals surface area contributed by atoms with Crippen molar-refractivity contribution in [2.24, 2.45) is 0 Å². The van der Waals surface area contributed by atoms with E-state index in [1.807, 2.05) is 29.2 Å². The van der Waals surface area contributed by atoms with Gasteiger partial charge in [0.2, 0.25) is 0 Å². The summed E-state index contributed by atoms with van der Waals surface area (Å²) in [6.07, 6.45) is 1.41. The largest absolute Gasteiger partial charge is 0.397 e. The number of nitrogen functional groups attached to an aromatic ring is 1. The summed E-state index contributed by atoms with van der Waals surface area (Å²) >= 11 is 0. The molecule has 1 fully saturated rings. The van der Waals surface area contributed by atoms with Crippen molar-refractivity contribution in [2.75, 3.05) is 41.7 Å². The zero-order valence-corrected chi connectivity index (χ0v) is 12.0. The van der Waals surface area contributed by atoms with Gasteiger partial charge in [-0.1, -0.05) is 12.1 Å². The van der Waals surface area contributed by atoms with Crippen molar-refractivity contribution >= 4 is 17.2 Å². The van der Waals surface area contributed by atoms with Crippen LogP contribution in [0.5, 0.6) is 0 Å². The Morgan fingerprint density at radius 2 is 1.71 bits per heavy atom. The van der Waals surface area contributed by atoms with Crippen molar-refractivity contribution in [2.45, 2.75) is 6.92 Å². The lowest BCUT2D eigenvalue weighted by Gasteiger charge is -2.37. The Morgan fingerprint density at radius 3 is 2.43 bits per heavy atom. The number of para-hydroxylation sites is 2. The molecule has 3 rings (SSSR count). The Hall–Kier alpha value is -2.37. The number of anilines is 3. The molecule has 0 spiro atoms. The first-order chi connectivity index (χ1) is 10.2. The van der Waals surface area contributed by atoms with Gasteiger partial charge in [-0.05, 0) is 19.1 Å². The van der Waals surface area contributed by atoms with Crippen LogP contribution in [-0.2, 0) is 0 Å². The standard InChI is InChI=1S/C15H18FN5/c1-11-14(16)15(19-10-18-11)21-8-6-20(7-9-21)13-5-3-2-4-12(13)17/h2-5,10H,6-9,17H2,1H3. The van der Waals surface area contributed by atoms with E-state index in [4.69, 9.17) is 5.73 Å². The highest BCUT2D eigenvalue weighted by Gasteiger charge is 2.22. The van der Waals surface area contributed by atoms with Crippen molar-refractivity contribution in [1.29, 1.82) is 0 Å². The highest BCUT2D eigenvalue weighted by atomic mass is 19.1. The van der Waals surface area contributed by atoms with E-state index in [0.717, 1.165) is 24.5 Å². The molecule has 1 saturated heterocycles. The van der Waals surface area contributed by atoms with Gasteiger partial charge in [-0.25, -0.2) is 14.4 Å². The zero-order valence-electron chi connectivity index (χ0n) is 12.0. The van der Waals surface area contributed by atoms with E-state index in [-0.39, 0.29) is 5.82 Å². The smallest absolute Gasteiger partial charge is 0.186 e. The Bertz CT molecular complexity index is 638. The van der Waals surface area contributed by atoms with Gasteiger partial charge in [-0.3, -0.25) is 0 Å². The van der Waals surface area contributed by atoms with Gasteiger partial charge < -0.3 is 15.5 Å². The van der Waals surface area contributed by atoms with E-state index < -0.39 is 0 Å². The maximum Gasteiger partial charge on any atom is 0.186 e. The molecular weight excluding hydrogens is 269 g/mol. The van der Waals surface area contributed by atoms with Crippen LogP contribution in [0.25, 0.3) is 0 Å². The molecule has 0 amide bonds. The summed E-state index contributed by atoms with van der Waals surface area (Å²) in [7, 11) is 0. The molecule has 0 aliphatic carbocycles. The van der Waals surface area contributed by atoms with E-state index in [1.54, 1.807) is 6.92 Å². The number of nitrogens with zero attached hydrogens (tertiary/aromatic N) is 4. The van der Waals surface area contributed by atoms with Gasteiger partial charge in [0.15, 0.2) is 11.6 Å². The van der Waals surface area contributed by atoms with Gasteiger partial charge >= 0.3 is 0 Å². The van der Waals surface area contributed by atoms with Crippen LogP contribution in [0.2, 0.25) is 0 Å². The first kappa shape index (κ1) is 13.6. The summed E-state index contributed by atoms with van der Waals surface area (Å²) in [5.74, 6) is 0.0633. The molecule has 1 aromatic heterocycles. The van der Waals surface area contributed by atoms with Gasteiger partial charge in [0, 0.05) is 26.2 Å². The molecule has 110 valence electrons. The number of hydrogen-bond donors (Lipinski definition) is 1. The van der Waals surface area contributed by atoms with Crippen LogP contribution in [0.3, 0.4) is 0 Å². The summed E-state index contributed by atoms with van der Waals surface area (Å²) in [5, 5.41) is 0. The van der Waals surface area contributed by atoms with E-state index in [1.165, 1.54) is 6.33 Å². The summed E-state index contributed by atoms with van der Waals surface area (Å²) in [4.78, 5) is 12.1. The molecule has 0 bridgehead atoms. The fourth-order valence-corrected chi connectivity index (χ4v) is 2.60. The molecule has 0 atom stereocenters. The lowest BCUT2D eigenvalue weighted by atomic mass is 10.2. The quantitative estimate of drug-likeness (QED) is 0.854. The van der Waals surface area contributed by atoms with Crippen molar-refractivity contribution in [3.8, 4) is 0 Å². The van der Waals surface area contributed by atoms with Gasteiger partial charge in [0.1, 0.15) is 6.33 Å². The van der Waals surface area contributed by atoms with Crippen LogP contribution in [0.1, 0.15) is 5.69 Å². The second-order valence-electron chi connectivity index (χ2n) is 5.13. The van der Waals surface area contributed by atoms with E-state index in [0.29, 0.717) is 24.6 Å². The van der Waals surface area contributed by atoms with Crippen molar-refractivity contribution in [3.63, 3.8) is 0 Å². The molecule has 1 aliphatic rings. The number of benzene rings is 1. The lowest BCUT2D eigenvalue weighted by molar-refractivity contribution is 0.574. The predicted molar refractivity (Wildman–Crippen MR) is 82.0 cm³/mol. The van der Waals surface area contributed by atoms with Crippen LogP contribution >= 0.6 is 0 Å². The zero-order chi connectivity index (χ0) is 14.8. The molecule has 0 unspecified atom stereocenters. The van der Waals surface area contributed by atoms with Crippen molar-refractivity contribution < 1.29 is 4.39 Å². The SMILES string of the molecule is Cc1ncnc(N2CCN(c3ccccc3N)CC2)c1F. The molecule has 21 heavy (non-hydrogen) atoms. The molecule has 5 nitrogen and oxygen atoms in total. The number of aromatic nitrogens is 2. The molecule has 2 N–H and O–H groups in total. The number of halogens is 1. The van der Waals surface area contributed by atoms with E-state index >= 15 is 0 Å². The number of rotatable bonds is 2. The Morgan fingerprint density at radius 1 is 1.05 bits per heavy atom. The molecule has 6 heteroatoms. The highest BCUT2D eigenvalue weighted by molar-refractivity contribution is 5.67.